The molecule has 0 aliphatic carbocycles. The third-order valence-electron chi connectivity index (χ3n) is 3.16. The van der Waals surface area contributed by atoms with E-state index in [2.05, 4.69) is 5.32 Å². The molecule has 0 radical (unpaired) electrons. The van der Waals surface area contributed by atoms with E-state index in [9.17, 15) is 9.50 Å². The lowest BCUT2D eigenvalue weighted by molar-refractivity contribution is -0.0543. The molecule has 0 amide bonds. The van der Waals surface area contributed by atoms with E-state index in [1.165, 1.54) is 12.1 Å². The average Bonchev–Trinajstić information content (AvgIpc) is 2.37. The van der Waals surface area contributed by atoms with E-state index in [0.717, 1.165) is 0 Å². The molecule has 1 fully saturated rings. The van der Waals surface area contributed by atoms with Crippen LogP contribution in [0.3, 0.4) is 0 Å². The van der Waals surface area contributed by atoms with Crippen molar-refractivity contribution in [1.82, 2.24) is 0 Å². The number of rotatable bonds is 3. The Morgan fingerprint density at radius 1 is 1.44 bits per heavy atom. The molecule has 2 N–H and O–H groups in total. The van der Waals surface area contributed by atoms with Crippen LogP contribution in [0, 0.1) is 17.1 Å². The molecule has 1 aliphatic rings. The highest BCUT2D eigenvalue weighted by atomic mass is 19.1. The number of hydrogen-bond donors (Lipinski definition) is 2. The van der Waals surface area contributed by atoms with Crippen LogP contribution in [-0.2, 0) is 4.74 Å². The van der Waals surface area contributed by atoms with Crippen molar-refractivity contribution in [2.24, 2.45) is 0 Å². The lowest BCUT2D eigenvalue weighted by atomic mass is 9.94. The largest absolute Gasteiger partial charge is 0.388 e. The molecular formula is C13H15FN2O2. The van der Waals surface area contributed by atoms with Gasteiger partial charge >= 0.3 is 0 Å². The average molecular weight is 250 g/mol. The summed E-state index contributed by atoms with van der Waals surface area (Å²) in [6, 6.07) is 6.23. The number of benzene rings is 1. The maximum absolute atomic E-state index is 13.4. The summed E-state index contributed by atoms with van der Waals surface area (Å²) in [5.41, 5.74) is -0.456. The molecule has 2 rings (SSSR count). The number of anilines is 1. The maximum atomic E-state index is 13.4. The Kier molecular flexibility index (Phi) is 3.80. The van der Waals surface area contributed by atoms with Crippen molar-refractivity contribution in [1.29, 1.82) is 5.26 Å². The summed E-state index contributed by atoms with van der Waals surface area (Å²) in [7, 11) is 0. The predicted octanol–water partition coefficient (Wildman–Crippen LogP) is 1.65. The van der Waals surface area contributed by atoms with Gasteiger partial charge in [0.05, 0.1) is 11.3 Å². The Bertz CT molecular complexity index is 465. The summed E-state index contributed by atoms with van der Waals surface area (Å²) < 4.78 is 18.5. The van der Waals surface area contributed by atoms with Crippen LogP contribution in [0.15, 0.2) is 18.2 Å². The van der Waals surface area contributed by atoms with E-state index in [1.807, 2.05) is 6.07 Å². The van der Waals surface area contributed by atoms with Crippen molar-refractivity contribution >= 4 is 5.69 Å². The van der Waals surface area contributed by atoms with E-state index in [1.54, 1.807) is 6.07 Å². The van der Waals surface area contributed by atoms with Gasteiger partial charge in [-0.3, -0.25) is 0 Å². The molecule has 0 spiro atoms. The Morgan fingerprint density at radius 3 is 2.83 bits per heavy atom. The first-order chi connectivity index (χ1) is 8.64. The fraction of sp³-hybridized carbons (Fsp3) is 0.462. The topological polar surface area (TPSA) is 65.3 Å². The molecule has 96 valence electrons. The van der Waals surface area contributed by atoms with Crippen LogP contribution in [0.5, 0.6) is 0 Å². The number of hydrogen-bond acceptors (Lipinski definition) is 4. The molecule has 0 bridgehead atoms. The molecule has 0 saturated carbocycles. The number of ether oxygens (including phenoxy) is 1. The van der Waals surface area contributed by atoms with Gasteiger partial charge in [-0.15, -0.1) is 0 Å². The first kappa shape index (κ1) is 12.8. The molecule has 18 heavy (non-hydrogen) atoms. The second-order valence-corrected chi connectivity index (χ2v) is 4.46. The van der Waals surface area contributed by atoms with Gasteiger partial charge in [-0.05, 0) is 12.1 Å². The summed E-state index contributed by atoms with van der Waals surface area (Å²) in [5.74, 6) is -0.554. The van der Waals surface area contributed by atoms with Gasteiger partial charge in [0.15, 0.2) is 0 Å². The number of nitrogens with zero attached hydrogens (tertiary/aromatic N) is 1. The molecule has 4 nitrogen and oxygen atoms in total. The van der Waals surface area contributed by atoms with Crippen LogP contribution in [0.25, 0.3) is 0 Å². The summed E-state index contributed by atoms with van der Waals surface area (Å²) in [4.78, 5) is 0. The second-order valence-electron chi connectivity index (χ2n) is 4.46. The van der Waals surface area contributed by atoms with E-state index >= 15 is 0 Å². The first-order valence-corrected chi connectivity index (χ1v) is 5.87. The minimum absolute atomic E-state index is 0.0202. The molecule has 1 aromatic carbocycles. The highest BCUT2D eigenvalue weighted by Crippen LogP contribution is 2.23. The standard InChI is InChI=1S/C13H15FN2O2/c14-11-2-1-3-12(10(11)8-15)16-9-13(17)4-6-18-7-5-13/h1-3,16-17H,4-7,9H2. The molecule has 1 aliphatic heterocycles. The molecule has 1 heterocycles. The SMILES string of the molecule is N#Cc1c(F)cccc1NCC1(O)CCOCC1. The molecular weight excluding hydrogens is 235 g/mol. The highest BCUT2D eigenvalue weighted by molar-refractivity contribution is 5.58. The number of nitrogens with one attached hydrogen (secondary N) is 1. The van der Waals surface area contributed by atoms with Gasteiger partial charge in [0.1, 0.15) is 17.4 Å². The number of nitriles is 1. The van der Waals surface area contributed by atoms with Crippen LogP contribution in [0.4, 0.5) is 10.1 Å². The van der Waals surface area contributed by atoms with Gasteiger partial charge < -0.3 is 15.2 Å². The van der Waals surface area contributed by atoms with Crippen molar-refractivity contribution in [3.8, 4) is 6.07 Å². The normalized spacial score (nSPS) is 18.1. The van der Waals surface area contributed by atoms with Crippen LogP contribution in [-0.4, -0.2) is 30.5 Å². The third kappa shape index (κ3) is 2.78. The lowest BCUT2D eigenvalue weighted by Crippen LogP contribution is -2.42. The molecule has 0 unspecified atom stereocenters. The van der Waals surface area contributed by atoms with Gasteiger partial charge in [0.2, 0.25) is 0 Å². The van der Waals surface area contributed by atoms with Crippen molar-refractivity contribution < 1.29 is 14.2 Å². The zero-order valence-electron chi connectivity index (χ0n) is 9.95. The van der Waals surface area contributed by atoms with Gasteiger partial charge in [-0.25, -0.2) is 4.39 Å². The predicted molar refractivity (Wildman–Crippen MR) is 64.6 cm³/mol. The van der Waals surface area contributed by atoms with Gasteiger partial charge in [-0.1, -0.05) is 6.07 Å². The quantitative estimate of drug-likeness (QED) is 0.856. The van der Waals surface area contributed by atoms with Crippen LogP contribution < -0.4 is 5.32 Å². The number of halogens is 1. The Balaban J connectivity index is 2.06. The highest BCUT2D eigenvalue weighted by Gasteiger charge is 2.29. The Labute approximate surface area is 105 Å². The Morgan fingerprint density at radius 2 is 2.17 bits per heavy atom. The summed E-state index contributed by atoms with van der Waals surface area (Å²) in [6.45, 7) is 1.33. The molecule has 0 atom stereocenters. The van der Waals surface area contributed by atoms with Crippen molar-refractivity contribution in [3.63, 3.8) is 0 Å². The molecule has 1 aromatic rings. The van der Waals surface area contributed by atoms with Crippen LogP contribution in [0.1, 0.15) is 18.4 Å². The third-order valence-corrected chi connectivity index (χ3v) is 3.16. The second kappa shape index (κ2) is 5.34. The smallest absolute Gasteiger partial charge is 0.143 e. The van der Waals surface area contributed by atoms with Crippen molar-refractivity contribution in [2.75, 3.05) is 25.1 Å². The first-order valence-electron chi connectivity index (χ1n) is 5.87. The summed E-state index contributed by atoms with van der Waals surface area (Å²) >= 11 is 0. The van der Waals surface area contributed by atoms with Crippen molar-refractivity contribution in [3.05, 3.63) is 29.6 Å². The van der Waals surface area contributed by atoms with E-state index in [-0.39, 0.29) is 12.1 Å². The summed E-state index contributed by atoms with van der Waals surface area (Å²) in [5, 5.41) is 22.1. The monoisotopic (exact) mass is 250 g/mol. The van der Waals surface area contributed by atoms with Gasteiger partial charge in [-0.2, -0.15) is 5.26 Å². The molecule has 1 saturated heterocycles. The lowest BCUT2D eigenvalue weighted by Gasteiger charge is -2.32. The maximum Gasteiger partial charge on any atom is 0.143 e. The zero-order valence-corrected chi connectivity index (χ0v) is 9.95. The fourth-order valence-corrected chi connectivity index (χ4v) is 1.97. The molecule has 5 heteroatoms. The van der Waals surface area contributed by atoms with Crippen LogP contribution >= 0.6 is 0 Å². The minimum Gasteiger partial charge on any atom is -0.388 e. The van der Waals surface area contributed by atoms with E-state index in [4.69, 9.17) is 10.00 Å². The van der Waals surface area contributed by atoms with Gasteiger partial charge in [0.25, 0.3) is 0 Å². The fourth-order valence-electron chi connectivity index (χ4n) is 1.97. The summed E-state index contributed by atoms with van der Waals surface area (Å²) in [6.07, 6.45) is 1.08. The Hall–Kier alpha value is -1.64. The van der Waals surface area contributed by atoms with E-state index < -0.39 is 11.4 Å². The van der Waals surface area contributed by atoms with Crippen molar-refractivity contribution in [2.45, 2.75) is 18.4 Å². The number of aliphatic hydroxyl groups is 1. The molecule has 0 aromatic heterocycles. The minimum atomic E-state index is -0.850. The van der Waals surface area contributed by atoms with E-state index in [0.29, 0.717) is 31.7 Å². The zero-order chi connectivity index (χ0) is 13.0. The van der Waals surface area contributed by atoms with Crippen LogP contribution in [0.2, 0.25) is 0 Å². The van der Waals surface area contributed by atoms with Gasteiger partial charge in [0, 0.05) is 32.6 Å².